The van der Waals surface area contributed by atoms with Crippen molar-refractivity contribution in [2.75, 3.05) is 29.1 Å². The van der Waals surface area contributed by atoms with E-state index in [-0.39, 0.29) is 5.91 Å². The second-order valence-corrected chi connectivity index (χ2v) is 8.26. The van der Waals surface area contributed by atoms with E-state index in [1.807, 2.05) is 36.4 Å². The van der Waals surface area contributed by atoms with E-state index in [9.17, 15) is 4.79 Å². The minimum Gasteiger partial charge on any atom is -0.393 e. The molecule has 0 spiro atoms. The van der Waals surface area contributed by atoms with Crippen molar-refractivity contribution in [1.82, 2.24) is 15.4 Å². The lowest BCUT2D eigenvalue weighted by Crippen LogP contribution is -2.34. The van der Waals surface area contributed by atoms with Gasteiger partial charge in [0.15, 0.2) is 11.6 Å². The van der Waals surface area contributed by atoms with Crippen LogP contribution in [0.25, 0.3) is 10.8 Å². The first-order chi connectivity index (χ1) is 14.4. The molecule has 2 aromatic carbocycles. The lowest BCUT2D eigenvalue weighted by molar-refractivity contribution is 0.0964. The number of fused-ring (bicyclic) bond motifs is 1. The molecule has 7 nitrogen and oxygen atoms in total. The van der Waals surface area contributed by atoms with Crippen molar-refractivity contribution in [2.45, 2.75) is 27.7 Å². The Morgan fingerprint density at radius 2 is 1.67 bits per heavy atom. The maximum absolute atomic E-state index is 12.8. The molecule has 7 heteroatoms. The fourth-order valence-electron chi connectivity index (χ4n) is 3.47. The normalized spacial score (nSPS) is 11.1. The third-order valence-electron chi connectivity index (χ3n) is 4.66. The molecule has 0 atom stereocenters. The van der Waals surface area contributed by atoms with Crippen LogP contribution in [0.5, 0.6) is 0 Å². The number of nitrogen functional groups attached to an aromatic ring is 1. The zero-order valence-corrected chi connectivity index (χ0v) is 18.0. The summed E-state index contributed by atoms with van der Waals surface area (Å²) in [5.74, 6) is 1.72. The molecule has 0 fully saturated rings. The minimum absolute atomic E-state index is 0.257. The topological polar surface area (TPSA) is 96.2 Å². The summed E-state index contributed by atoms with van der Waals surface area (Å²) in [5.41, 5.74) is 13.0. The van der Waals surface area contributed by atoms with Gasteiger partial charge < -0.3 is 10.6 Å². The summed E-state index contributed by atoms with van der Waals surface area (Å²) in [4.78, 5) is 23.6. The average molecular weight is 407 g/mol. The Morgan fingerprint density at radius 3 is 2.37 bits per heavy atom. The molecule has 1 aromatic heterocycles. The van der Waals surface area contributed by atoms with Crippen molar-refractivity contribution in [1.29, 1.82) is 0 Å². The van der Waals surface area contributed by atoms with E-state index >= 15 is 0 Å². The van der Waals surface area contributed by atoms with Crippen LogP contribution in [0.1, 0.15) is 38.1 Å². The van der Waals surface area contributed by atoms with E-state index in [1.165, 1.54) is 6.33 Å². The number of nitrogens with two attached hydrogens (primary N) is 1. The first kappa shape index (κ1) is 21.4. The Balaban J connectivity index is 1.80. The highest BCUT2D eigenvalue weighted by Gasteiger charge is 2.18. The van der Waals surface area contributed by atoms with Gasteiger partial charge in [0.05, 0.1) is 0 Å². The highest BCUT2D eigenvalue weighted by molar-refractivity contribution is 6.07. The number of aromatic nitrogens is 2. The molecule has 0 aliphatic rings. The Hall–Kier alpha value is -3.35. The molecule has 0 aliphatic heterocycles. The highest BCUT2D eigenvalue weighted by Crippen LogP contribution is 2.27. The van der Waals surface area contributed by atoms with Crippen LogP contribution in [0.2, 0.25) is 0 Å². The van der Waals surface area contributed by atoms with Crippen LogP contribution in [-0.2, 0) is 0 Å². The average Bonchev–Trinajstić information content (AvgIpc) is 2.71. The largest absolute Gasteiger partial charge is 0.393 e. The molecule has 0 saturated heterocycles. The van der Waals surface area contributed by atoms with E-state index in [4.69, 9.17) is 5.73 Å². The van der Waals surface area contributed by atoms with Crippen molar-refractivity contribution in [2.24, 2.45) is 11.8 Å². The van der Waals surface area contributed by atoms with Crippen molar-refractivity contribution in [3.8, 4) is 0 Å². The van der Waals surface area contributed by atoms with Gasteiger partial charge in [-0.05, 0) is 28.7 Å². The minimum atomic E-state index is -0.257. The first-order valence-electron chi connectivity index (χ1n) is 10.3. The number of anilines is 3. The molecule has 0 unspecified atom stereocenters. The van der Waals surface area contributed by atoms with Crippen LogP contribution < -0.4 is 21.5 Å². The number of carbonyl (C=O) groups excluding carboxylic acids is 1. The molecular formula is C23H30N6O. The molecule has 30 heavy (non-hydrogen) atoms. The molecule has 1 heterocycles. The van der Waals surface area contributed by atoms with Crippen molar-refractivity contribution >= 4 is 34.0 Å². The van der Waals surface area contributed by atoms with Gasteiger partial charge in [-0.1, -0.05) is 64.1 Å². The summed E-state index contributed by atoms with van der Waals surface area (Å²) in [6.45, 7) is 10.3. The number of carbonyl (C=O) groups is 1. The molecule has 0 radical (unpaired) electrons. The predicted octanol–water partition coefficient (Wildman–Crippen LogP) is 4.09. The number of rotatable bonds is 8. The van der Waals surface area contributed by atoms with Crippen LogP contribution in [0, 0.1) is 11.8 Å². The fraction of sp³-hybridized carbons (Fsp3) is 0.348. The zero-order chi connectivity index (χ0) is 21.7. The van der Waals surface area contributed by atoms with E-state index in [0.29, 0.717) is 34.7 Å². The van der Waals surface area contributed by atoms with E-state index < -0.39 is 0 Å². The van der Waals surface area contributed by atoms with Gasteiger partial charge in [-0.15, -0.1) is 0 Å². The summed E-state index contributed by atoms with van der Waals surface area (Å²) in [6.07, 6.45) is 1.46. The molecular weight excluding hydrogens is 376 g/mol. The third-order valence-corrected chi connectivity index (χ3v) is 4.66. The number of benzene rings is 2. The maximum Gasteiger partial charge on any atom is 0.270 e. The highest BCUT2D eigenvalue weighted by atomic mass is 16.2. The van der Waals surface area contributed by atoms with Gasteiger partial charge >= 0.3 is 0 Å². The van der Waals surface area contributed by atoms with Gasteiger partial charge in [0.1, 0.15) is 12.0 Å². The smallest absolute Gasteiger partial charge is 0.270 e. The number of hydrazine groups is 1. The molecule has 1 amide bonds. The Bertz CT molecular complexity index is 1000. The number of nitrogens with zero attached hydrogens (tertiary/aromatic N) is 3. The number of hydrogen-bond donors (Lipinski definition) is 3. The van der Waals surface area contributed by atoms with Crippen LogP contribution in [0.4, 0.5) is 17.3 Å². The summed E-state index contributed by atoms with van der Waals surface area (Å²) in [6, 6.07) is 13.4. The molecule has 158 valence electrons. The summed E-state index contributed by atoms with van der Waals surface area (Å²) < 4.78 is 0. The van der Waals surface area contributed by atoms with Crippen LogP contribution in [0.3, 0.4) is 0 Å². The number of nitrogens with one attached hydrogen (secondary N) is 2. The van der Waals surface area contributed by atoms with Crippen LogP contribution in [0.15, 0.2) is 48.8 Å². The lowest BCUT2D eigenvalue weighted by atomic mass is 10.0. The second-order valence-electron chi connectivity index (χ2n) is 8.26. The van der Waals surface area contributed by atoms with E-state index in [2.05, 4.69) is 53.4 Å². The standard InChI is InChI=1S/C23H30N6O/c1-15(2)12-29(13-16(3)4)22-20(24)21(25-14-26-22)27-28-23(30)19-11-7-9-17-8-5-6-10-18(17)19/h5-11,14-16H,12-13,24H2,1-4H3,(H,28,30)(H,25,26,27). The Morgan fingerprint density at radius 1 is 1.00 bits per heavy atom. The van der Waals surface area contributed by atoms with Gasteiger partial charge in [-0.25, -0.2) is 9.97 Å². The van der Waals surface area contributed by atoms with E-state index in [0.717, 1.165) is 23.9 Å². The lowest BCUT2D eigenvalue weighted by Gasteiger charge is -2.28. The molecule has 0 aliphatic carbocycles. The molecule has 0 bridgehead atoms. The first-order valence-corrected chi connectivity index (χ1v) is 10.3. The molecule has 0 saturated carbocycles. The fourth-order valence-corrected chi connectivity index (χ4v) is 3.47. The monoisotopic (exact) mass is 406 g/mol. The van der Waals surface area contributed by atoms with Crippen LogP contribution in [-0.4, -0.2) is 29.0 Å². The SMILES string of the molecule is CC(C)CN(CC(C)C)c1ncnc(NNC(=O)c2cccc3ccccc23)c1N. The Kier molecular flexibility index (Phi) is 6.72. The number of amides is 1. The zero-order valence-electron chi connectivity index (χ0n) is 18.0. The Labute approximate surface area is 177 Å². The van der Waals surface area contributed by atoms with Gasteiger partial charge in [0.2, 0.25) is 0 Å². The maximum atomic E-state index is 12.8. The summed E-state index contributed by atoms with van der Waals surface area (Å²) in [7, 11) is 0. The third kappa shape index (κ3) is 4.97. The van der Waals surface area contributed by atoms with Crippen molar-refractivity contribution in [3.05, 3.63) is 54.4 Å². The quantitative estimate of drug-likeness (QED) is 0.488. The van der Waals surface area contributed by atoms with Gasteiger partial charge in [0, 0.05) is 18.7 Å². The summed E-state index contributed by atoms with van der Waals surface area (Å²) >= 11 is 0. The molecule has 4 N–H and O–H groups in total. The number of hydrogen-bond acceptors (Lipinski definition) is 6. The van der Waals surface area contributed by atoms with Gasteiger partial charge in [0.25, 0.3) is 5.91 Å². The van der Waals surface area contributed by atoms with Crippen LogP contribution >= 0.6 is 0 Å². The predicted molar refractivity (Wildman–Crippen MR) is 123 cm³/mol. The second kappa shape index (κ2) is 9.43. The molecule has 3 aromatic rings. The van der Waals surface area contributed by atoms with Crippen molar-refractivity contribution in [3.63, 3.8) is 0 Å². The van der Waals surface area contributed by atoms with E-state index in [1.54, 1.807) is 6.07 Å². The van der Waals surface area contributed by atoms with Crippen molar-refractivity contribution < 1.29 is 4.79 Å². The van der Waals surface area contributed by atoms with Gasteiger partial charge in [-0.3, -0.25) is 15.6 Å². The summed E-state index contributed by atoms with van der Waals surface area (Å²) in [5, 5.41) is 1.89. The molecule has 3 rings (SSSR count). The van der Waals surface area contributed by atoms with Gasteiger partial charge in [-0.2, -0.15) is 0 Å².